The molecule has 0 spiro atoms. The van der Waals surface area contributed by atoms with Gasteiger partial charge in [0.2, 0.25) is 35.4 Å². The number of hydrogen-bond acceptors (Lipinski definition) is 12. The molecule has 0 unspecified atom stereocenters. The lowest BCUT2D eigenvalue weighted by Crippen LogP contribution is -2.45. The van der Waals surface area contributed by atoms with Crippen LogP contribution in [0.4, 0.5) is 19.0 Å². The number of halogens is 3. The average Bonchev–Trinajstić information content (AvgIpc) is 3.78. The molecule has 1 aliphatic carbocycles. The third-order valence-corrected chi connectivity index (χ3v) is 11.5. The van der Waals surface area contributed by atoms with Gasteiger partial charge < -0.3 is 45.9 Å². The number of nitrogens with zero attached hydrogens (tertiary/aromatic N) is 5. The lowest BCUT2D eigenvalue weighted by atomic mass is 9.85. The topological polar surface area (TPSA) is 226 Å². The smallest absolute Gasteiger partial charge is 0.379 e. The van der Waals surface area contributed by atoms with Crippen molar-refractivity contribution in [2.75, 3.05) is 71.5 Å². The first-order chi connectivity index (χ1) is 30.3. The Kier molecular flexibility index (Phi) is 16.2. The molecule has 340 valence electrons. The van der Waals surface area contributed by atoms with E-state index in [1.165, 1.54) is 12.4 Å². The number of pyridine rings is 1. The molecule has 3 atom stereocenters. The number of rotatable bonds is 20. The van der Waals surface area contributed by atoms with Crippen LogP contribution in [0, 0.1) is 11.8 Å². The van der Waals surface area contributed by atoms with Crippen molar-refractivity contribution in [3.63, 3.8) is 0 Å². The fourth-order valence-corrected chi connectivity index (χ4v) is 8.09. The van der Waals surface area contributed by atoms with Gasteiger partial charge in [-0.25, -0.2) is 9.97 Å². The van der Waals surface area contributed by atoms with Gasteiger partial charge in [0.25, 0.3) is 0 Å². The van der Waals surface area contributed by atoms with E-state index in [1.807, 2.05) is 6.07 Å². The van der Waals surface area contributed by atoms with Crippen LogP contribution in [0.1, 0.15) is 62.1 Å². The number of aromatic nitrogens is 3. The summed E-state index contributed by atoms with van der Waals surface area (Å²) in [5.41, 5.74) is 0.271. The molecule has 0 radical (unpaired) electrons. The second kappa shape index (κ2) is 21.9. The van der Waals surface area contributed by atoms with Crippen molar-refractivity contribution < 1.29 is 51.4 Å². The van der Waals surface area contributed by atoms with Gasteiger partial charge in [-0.15, -0.1) is 0 Å². The molecule has 6 rings (SSSR count). The number of carbonyl (C=O) groups excluding carboxylic acids is 6. The summed E-state index contributed by atoms with van der Waals surface area (Å²) in [4.78, 5) is 91.3. The molecule has 2 saturated heterocycles. The molecule has 3 aromatic rings. The number of anilines is 1. The first kappa shape index (κ1) is 46.5. The highest BCUT2D eigenvalue weighted by Crippen LogP contribution is 2.37. The Balaban J connectivity index is 0.768. The van der Waals surface area contributed by atoms with E-state index in [9.17, 15) is 41.9 Å². The normalized spacial score (nSPS) is 21.4. The second-order valence-electron chi connectivity index (χ2n) is 15.8. The van der Waals surface area contributed by atoms with Crippen molar-refractivity contribution in [1.29, 1.82) is 0 Å². The number of benzene rings is 1. The van der Waals surface area contributed by atoms with Gasteiger partial charge in [-0.1, -0.05) is 6.07 Å². The van der Waals surface area contributed by atoms with Crippen molar-refractivity contribution in [3.8, 4) is 0 Å². The van der Waals surface area contributed by atoms with Gasteiger partial charge >= 0.3 is 6.18 Å². The van der Waals surface area contributed by atoms with E-state index in [-0.39, 0.29) is 130 Å². The number of fused-ring (bicyclic) bond motifs is 1. The maximum Gasteiger partial charge on any atom is 0.416 e. The molecule has 5 N–H and O–H groups in total. The van der Waals surface area contributed by atoms with E-state index < -0.39 is 23.7 Å². The highest BCUT2D eigenvalue weighted by molar-refractivity contribution is 5.93. The first-order valence-electron chi connectivity index (χ1n) is 21.1. The van der Waals surface area contributed by atoms with Gasteiger partial charge in [0.1, 0.15) is 18.2 Å². The Morgan fingerprint density at radius 3 is 2.38 bits per heavy atom. The SMILES string of the molecule is CN1C(=O)C[C@H](C(=O)NCCOCCOCCC(=O)NCC(=O)N[C@H]2CC[C@@H](C(=O)NCCN3CC[C@H](Nc4ncnc5ccc(C(F)(F)F)cc45)C3=O)CC2)[C@H]1c1cccnc1. The third kappa shape index (κ3) is 12.8. The lowest BCUT2D eigenvalue weighted by molar-refractivity contribution is -0.137. The summed E-state index contributed by atoms with van der Waals surface area (Å²) < 4.78 is 50.9. The van der Waals surface area contributed by atoms with E-state index in [0.717, 1.165) is 17.7 Å². The number of ether oxygens (including phenoxy) is 2. The Morgan fingerprint density at radius 2 is 1.63 bits per heavy atom. The summed E-state index contributed by atoms with van der Waals surface area (Å²) in [7, 11) is 1.68. The van der Waals surface area contributed by atoms with Gasteiger partial charge in [0.05, 0.1) is 56.0 Å². The van der Waals surface area contributed by atoms with Crippen LogP contribution in [0.2, 0.25) is 0 Å². The van der Waals surface area contributed by atoms with Gasteiger partial charge in [-0.3, -0.25) is 33.8 Å². The number of amides is 6. The molecule has 63 heavy (non-hydrogen) atoms. The number of nitrogens with one attached hydrogen (secondary N) is 5. The molecule has 1 saturated carbocycles. The van der Waals surface area contributed by atoms with Crippen LogP contribution in [0.15, 0.2) is 49.1 Å². The Bertz CT molecular complexity index is 2090. The molecular weight excluding hydrogens is 830 g/mol. The molecule has 3 fully saturated rings. The van der Waals surface area contributed by atoms with Crippen molar-refractivity contribution in [2.24, 2.45) is 11.8 Å². The molecule has 2 aliphatic heterocycles. The Morgan fingerprint density at radius 1 is 0.873 bits per heavy atom. The van der Waals surface area contributed by atoms with Crippen molar-refractivity contribution >= 4 is 52.2 Å². The number of likely N-dealkylation sites (tertiary alicyclic amines) is 2. The summed E-state index contributed by atoms with van der Waals surface area (Å²) in [5, 5.41) is 14.4. The predicted octanol–water partition coefficient (Wildman–Crippen LogP) is 1.72. The molecule has 0 bridgehead atoms. The molecular formula is C42H53F3N10O8. The van der Waals surface area contributed by atoms with Gasteiger partial charge in [0, 0.05) is 75.8 Å². The highest BCUT2D eigenvalue weighted by Gasteiger charge is 2.42. The van der Waals surface area contributed by atoms with Crippen molar-refractivity contribution in [1.82, 2.24) is 46.0 Å². The van der Waals surface area contributed by atoms with E-state index in [0.29, 0.717) is 44.2 Å². The predicted molar refractivity (Wildman–Crippen MR) is 220 cm³/mol. The van der Waals surface area contributed by atoms with Gasteiger partial charge in [0.15, 0.2) is 0 Å². The van der Waals surface area contributed by atoms with E-state index in [1.54, 1.807) is 35.3 Å². The maximum absolute atomic E-state index is 13.3. The van der Waals surface area contributed by atoms with Crippen LogP contribution >= 0.6 is 0 Å². The van der Waals surface area contributed by atoms with Crippen LogP contribution in [0.25, 0.3) is 10.9 Å². The molecule has 3 aliphatic rings. The van der Waals surface area contributed by atoms with Crippen LogP contribution < -0.4 is 26.6 Å². The van der Waals surface area contributed by atoms with Crippen LogP contribution in [-0.4, -0.2) is 138 Å². The third-order valence-electron chi connectivity index (χ3n) is 11.5. The fourth-order valence-electron chi connectivity index (χ4n) is 8.09. The average molecular weight is 883 g/mol. The molecule has 18 nitrogen and oxygen atoms in total. The summed E-state index contributed by atoms with van der Waals surface area (Å²) in [5.74, 6) is -2.04. The summed E-state index contributed by atoms with van der Waals surface area (Å²) in [6.07, 6.45) is 2.86. The van der Waals surface area contributed by atoms with Gasteiger partial charge in [-0.2, -0.15) is 13.2 Å². The van der Waals surface area contributed by atoms with E-state index >= 15 is 0 Å². The highest BCUT2D eigenvalue weighted by atomic mass is 19.4. The minimum atomic E-state index is -4.54. The molecule has 21 heteroatoms. The minimum absolute atomic E-state index is 0.0508. The first-order valence-corrected chi connectivity index (χ1v) is 21.1. The molecule has 4 heterocycles. The number of alkyl halides is 3. The Labute approximate surface area is 361 Å². The van der Waals surface area contributed by atoms with Crippen LogP contribution in [0.3, 0.4) is 0 Å². The lowest BCUT2D eigenvalue weighted by Gasteiger charge is -2.28. The van der Waals surface area contributed by atoms with Crippen molar-refractivity contribution in [2.45, 2.75) is 69.2 Å². The zero-order chi connectivity index (χ0) is 44.9. The van der Waals surface area contributed by atoms with Crippen LogP contribution in [0.5, 0.6) is 0 Å². The zero-order valence-electron chi connectivity index (χ0n) is 35.0. The maximum atomic E-state index is 13.3. The second-order valence-corrected chi connectivity index (χ2v) is 15.8. The van der Waals surface area contributed by atoms with E-state index in [4.69, 9.17) is 9.47 Å². The summed E-state index contributed by atoms with van der Waals surface area (Å²) >= 11 is 0. The minimum Gasteiger partial charge on any atom is -0.379 e. The molecule has 6 amide bonds. The number of hydrogen-bond donors (Lipinski definition) is 5. The quantitative estimate of drug-likeness (QED) is 0.102. The number of carbonyl (C=O) groups is 6. The summed E-state index contributed by atoms with van der Waals surface area (Å²) in [6, 6.07) is 5.59. The summed E-state index contributed by atoms with van der Waals surface area (Å²) in [6.45, 7) is 1.83. The standard InChI is InChI=1S/C42H53F3N10O8/c1-54-36(58)22-31(37(54)27-3-2-12-46-23-27)40(60)48-14-18-63-20-19-62-17-11-34(56)49-24-35(57)52-29-7-4-26(5-8-29)39(59)47-13-16-55-15-10-33(41(55)61)53-38-30-21-28(42(43,44)45)6-9-32(30)50-25-51-38/h2-3,6,9,12,21,23,25-26,29,31,33,37H,4-5,7-8,10-11,13-20,22,24H2,1H3,(H,47,59)(H,48,60)(H,49,56)(H,52,57)(H,50,51,53)/t26-,29+,31-,33-,37+/m0/s1. The zero-order valence-corrected chi connectivity index (χ0v) is 35.0. The fraction of sp³-hybridized carbons (Fsp3) is 0.548. The molecule has 1 aromatic carbocycles. The molecule has 2 aromatic heterocycles. The van der Waals surface area contributed by atoms with Gasteiger partial charge in [-0.05, 0) is 61.9 Å². The van der Waals surface area contributed by atoms with E-state index in [2.05, 4.69) is 41.5 Å². The van der Waals surface area contributed by atoms with Crippen LogP contribution in [-0.2, 0) is 44.4 Å². The van der Waals surface area contributed by atoms with Crippen molar-refractivity contribution in [3.05, 3.63) is 60.2 Å². The monoisotopic (exact) mass is 882 g/mol. The largest absolute Gasteiger partial charge is 0.416 e. The Hall–Kier alpha value is -5.96.